The minimum Gasteiger partial charge on any atom is -0.367 e. The number of nitrogens with one attached hydrogen (secondary N) is 1. The van der Waals surface area contributed by atoms with E-state index in [1.54, 1.807) is 6.20 Å². The predicted molar refractivity (Wildman–Crippen MR) is 45.3 cm³/mol. The average Bonchev–Trinajstić information content (AvgIpc) is 2.36. The predicted octanol–water partition coefficient (Wildman–Crippen LogP) is 0.533. The van der Waals surface area contributed by atoms with Crippen LogP contribution < -0.4 is 0 Å². The van der Waals surface area contributed by atoms with Crippen molar-refractivity contribution in [1.29, 1.82) is 0 Å². The van der Waals surface area contributed by atoms with Crippen LogP contribution in [-0.4, -0.2) is 26.3 Å². The maximum atomic E-state index is 10.5. The number of aromatic nitrogens is 1. The molecule has 0 atom stereocenters. The molecule has 5 heteroatoms. The minimum atomic E-state index is -3.29. The van der Waals surface area contributed by atoms with Gasteiger partial charge in [-0.2, -0.15) is 8.42 Å². The van der Waals surface area contributed by atoms with Gasteiger partial charge in [0.2, 0.25) is 0 Å². The molecule has 1 aromatic heterocycles. The second kappa shape index (κ2) is 3.73. The lowest BCUT2D eigenvalue weighted by atomic mass is 10.3. The first-order valence-corrected chi connectivity index (χ1v) is 5.36. The number of hydrogen-bond acceptors (Lipinski definition) is 3. The number of hydrogen-bond donors (Lipinski definition) is 1. The number of aromatic amines is 1. The highest BCUT2D eigenvalue weighted by molar-refractivity contribution is 7.85. The van der Waals surface area contributed by atoms with E-state index in [0.29, 0.717) is 6.42 Å². The molecule has 1 aromatic rings. The second-order valence-corrected chi connectivity index (χ2v) is 4.14. The fourth-order valence-electron chi connectivity index (χ4n) is 0.825. The Balaban J connectivity index is 2.29. The molecule has 1 heterocycles. The smallest absolute Gasteiger partial charge is 0.264 e. The van der Waals surface area contributed by atoms with Gasteiger partial charge in [-0.3, -0.25) is 4.18 Å². The average molecular weight is 189 g/mol. The second-order valence-electron chi connectivity index (χ2n) is 2.50. The van der Waals surface area contributed by atoms with E-state index in [4.69, 9.17) is 0 Å². The lowest BCUT2D eigenvalue weighted by Crippen LogP contribution is -2.05. The Bertz CT molecular complexity index is 314. The maximum absolute atomic E-state index is 10.5. The first-order chi connectivity index (χ1) is 5.58. The zero-order valence-electron chi connectivity index (χ0n) is 6.78. The summed E-state index contributed by atoms with van der Waals surface area (Å²) in [4.78, 5) is 2.87. The molecule has 0 aliphatic heterocycles. The lowest BCUT2D eigenvalue weighted by molar-refractivity contribution is 0.326. The zero-order chi connectivity index (χ0) is 9.03. The van der Waals surface area contributed by atoms with Crippen molar-refractivity contribution >= 4 is 10.1 Å². The monoisotopic (exact) mass is 189 g/mol. The summed E-state index contributed by atoms with van der Waals surface area (Å²) in [6.45, 7) is 0.205. The Morgan fingerprint density at radius 1 is 1.58 bits per heavy atom. The molecule has 0 saturated carbocycles. The lowest BCUT2D eigenvalue weighted by Gasteiger charge is -1.98. The summed E-state index contributed by atoms with van der Waals surface area (Å²) >= 11 is 0. The van der Waals surface area contributed by atoms with Gasteiger partial charge in [-0.1, -0.05) is 0 Å². The van der Waals surface area contributed by atoms with Crippen molar-refractivity contribution in [1.82, 2.24) is 4.98 Å². The van der Waals surface area contributed by atoms with Crippen LogP contribution in [0.25, 0.3) is 0 Å². The normalized spacial score (nSPS) is 11.8. The third kappa shape index (κ3) is 3.54. The van der Waals surface area contributed by atoms with Gasteiger partial charge in [-0.25, -0.2) is 0 Å². The van der Waals surface area contributed by atoms with Gasteiger partial charge in [0.05, 0.1) is 12.9 Å². The fourth-order valence-corrected chi connectivity index (χ4v) is 1.21. The molecule has 0 radical (unpaired) electrons. The molecular weight excluding hydrogens is 178 g/mol. The molecule has 0 saturated heterocycles. The quantitative estimate of drug-likeness (QED) is 0.703. The van der Waals surface area contributed by atoms with Crippen LogP contribution in [0.4, 0.5) is 0 Å². The Morgan fingerprint density at radius 3 is 2.83 bits per heavy atom. The third-order valence-electron chi connectivity index (χ3n) is 1.35. The van der Waals surface area contributed by atoms with E-state index in [9.17, 15) is 8.42 Å². The van der Waals surface area contributed by atoms with Crippen LogP contribution in [-0.2, 0) is 20.7 Å². The van der Waals surface area contributed by atoms with E-state index >= 15 is 0 Å². The van der Waals surface area contributed by atoms with Crippen molar-refractivity contribution in [2.45, 2.75) is 6.42 Å². The Kier molecular flexibility index (Phi) is 2.88. The van der Waals surface area contributed by atoms with Gasteiger partial charge in [0.25, 0.3) is 10.1 Å². The molecule has 0 amide bonds. The Labute approximate surface area is 71.7 Å². The van der Waals surface area contributed by atoms with Crippen LogP contribution in [0.3, 0.4) is 0 Å². The van der Waals surface area contributed by atoms with Crippen molar-refractivity contribution < 1.29 is 12.6 Å². The van der Waals surface area contributed by atoms with E-state index in [1.165, 1.54) is 0 Å². The first-order valence-electron chi connectivity index (χ1n) is 3.54. The molecule has 0 aliphatic rings. The van der Waals surface area contributed by atoms with Gasteiger partial charge >= 0.3 is 0 Å². The molecule has 0 aliphatic carbocycles. The van der Waals surface area contributed by atoms with Crippen LogP contribution in [0.15, 0.2) is 18.5 Å². The van der Waals surface area contributed by atoms with Crippen LogP contribution >= 0.6 is 0 Å². The van der Waals surface area contributed by atoms with Gasteiger partial charge in [0.1, 0.15) is 0 Å². The van der Waals surface area contributed by atoms with Gasteiger partial charge < -0.3 is 4.98 Å². The van der Waals surface area contributed by atoms with Gasteiger partial charge in [0, 0.05) is 12.4 Å². The Morgan fingerprint density at radius 2 is 2.33 bits per heavy atom. The van der Waals surface area contributed by atoms with Gasteiger partial charge in [-0.15, -0.1) is 0 Å². The van der Waals surface area contributed by atoms with E-state index in [1.807, 2.05) is 12.3 Å². The summed E-state index contributed by atoms with van der Waals surface area (Å²) < 4.78 is 25.6. The highest BCUT2D eigenvalue weighted by Crippen LogP contribution is 1.98. The summed E-state index contributed by atoms with van der Waals surface area (Å²) in [5.41, 5.74) is 1.04. The van der Waals surface area contributed by atoms with E-state index < -0.39 is 10.1 Å². The maximum Gasteiger partial charge on any atom is 0.264 e. The highest BCUT2D eigenvalue weighted by atomic mass is 32.2. The van der Waals surface area contributed by atoms with Crippen LogP contribution in [0.2, 0.25) is 0 Å². The standard InChI is InChI=1S/C7H11NO3S/c1-12(9,10)11-5-3-7-2-4-8-6-7/h2,4,6,8H,3,5H2,1H3. The van der Waals surface area contributed by atoms with E-state index in [0.717, 1.165) is 11.8 Å². The molecule has 1 rings (SSSR count). The molecule has 12 heavy (non-hydrogen) atoms. The van der Waals surface area contributed by atoms with Crippen LogP contribution in [0, 0.1) is 0 Å². The number of rotatable bonds is 4. The molecule has 0 bridgehead atoms. The van der Waals surface area contributed by atoms with Gasteiger partial charge in [0.15, 0.2) is 0 Å². The van der Waals surface area contributed by atoms with Crippen LogP contribution in [0.1, 0.15) is 5.56 Å². The largest absolute Gasteiger partial charge is 0.367 e. The van der Waals surface area contributed by atoms with Crippen molar-refractivity contribution in [3.63, 3.8) is 0 Å². The summed E-state index contributed by atoms with van der Waals surface area (Å²) in [6.07, 6.45) is 5.25. The summed E-state index contributed by atoms with van der Waals surface area (Å²) in [6, 6.07) is 1.88. The van der Waals surface area contributed by atoms with E-state index in [2.05, 4.69) is 9.17 Å². The molecule has 4 nitrogen and oxygen atoms in total. The van der Waals surface area contributed by atoms with Crippen LogP contribution in [0.5, 0.6) is 0 Å². The molecule has 0 fully saturated rings. The zero-order valence-corrected chi connectivity index (χ0v) is 7.60. The van der Waals surface area contributed by atoms with Crippen molar-refractivity contribution in [2.75, 3.05) is 12.9 Å². The molecule has 68 valence electrons. The minimum absolute atomic E-state index is 0.205. The number of H-pyrrole nitrogens is 1. The fraction of sp³-hybridized carbons (Fsp3) is 0.429. The van der Waals surface area contributed by atoms with Crippen molar-refractivity contribution in [3.8, 4) is 0 Å². The summed E-state index contributed by atoms with van der Waals surface area (Å²) in [7, 11) is -3.29. The molecule has 0 unspecified atom stereocenters. The molecule has 1 N–H and O–H groups in total. The SMILES string of the molecule is CS(=O)(=O)OCCc1cc[nH]c1. The third-order valence-corrected chi connectivity index (χ3v) is 1.95. The van der Waals surface area contributed by atoms with Gasteiger partial charge in [-0.05, 0) is 18.1 Å². The summed E-state index contributed by atoms with van der Waals surface area (Å²) in [5, 5.41) is 0. The first kappa shape index (κ1) is 9.28. The van der Waals surface area contributed by atoms with Crippen molar-refractivity contribution in [3.05, 3.63) is 24.0 Å². The van der Waals surface area contributed by atoms with Crippen molar-refractivity contribution in [2.24, 2.45) is 0 Å². The van der Waals surface area contributed by atoms with E-state index in [-0.39, 0.29) is 6.61 Å². The molecular formula is C7H11NO3S. The Hall–Kier alpha value is -0.810. The highest BCUT2D eigenvalue weighted by Gasteiger charge is 2.00. The molecule has 0 aromatic carbocycles. The topological polar surface area (TPSA) is 59.2 Å². The summed E-state index contributed by atoms with van der Waals surface area (Å²) in [5.74, 6) is 0. The molecule has 0 spiro atoms.